The number of halogens is 1. The van der Waals surface area contributed by atoms with Crippen molar-refractivity contribution in [2.45, 2.75) is 6.92 Å². The van der Waals surface area contributed by atoms with E-state index in [1.54, 1.807) is 12.1 Å². The first-order valence-corrected chi connectivity index (χ1v) is 6.19. The Morgan fingerprint density at radius 2 is 2.00 bits per heavy atom. The molecule has 2 N–H and O–H groups in total. The quantitative estimate of drug-likeness (QED) is 0.941. The van der Waals surface area contributed by atoms with E-state index in [-0.39, 0.29) is 0 Å². The molecule has 1 amide bonds. The summed E-state index contributed by atoms with van der Waals surface area (Å²) in [6.07, 6.45) is 0. The summed E-state index contributed by atoms with van der Waals surface area (Å²) in [6.45, 7) is 1.93. The number of hydrogen-bond acceptors (Lipinski definition) is 2. The molecule has 2 rings (SSSR count). The van der Waals surface area contributed by atoms with Gasteiger partial charge in [-0.2, -0.15) is 0 Å². The number of amides is 1. The van der Waals surface area contributed by atoms with Crippen LogP contribution in [0.1, 0.15) is 15.9 Å². The van der Waals surface area contributed by atoms with Crippen molar-refractivity contribution in [1.82, 2.24) is 0 Å². The van der Waals surface area contributed by atoms with Gasteiger partial charge in [0.15, 0.2) is 0 Å². The lowest BCUT2D eigenvalue weighted by atomic mass is 10.1. The molecule has 0 heterocycles. The van der Waals surface area contributed by atoms with Crippen molar-refractivity contribution in [3.63, 3.8) is 0 Å². The Labute approximate surface area is 114 Å². The highest BCUT2D eigenvalue weighted by Gasteiger charge is 2.10. The smallest absolute Gasteiger partial charge is 0.252 e. The van der Waals surface area contributed by atoms with Crippen LogP contribution in [0.3, 0.4) is 0 Å². The molecular formula is C14H12BrNO2. The van der Waals surface area contributed by atoms with Gasteiger partial charge in [0.2, 0.25) is 0 Å². The number of benzene rings is 2. The molecular weight excluding hydrogens is 294 g/mol. The number of ether oxygens (including phenoxy) is 1. The van der Waals surface area contributed by atoms with Crippen LogP contribution >= 0.6 is 15.9 Å². The number of nitrogens with two attached hydrogens (primary N) is 1. The van der Waals surface area contributed by atoms with Gasteiger partial charge in [0.05, 0.1) is 5.56 Å². The molecule has 0 unspecified atom stereocenters. The Kier molecular flexibility index (Phi) is 3.67. The van der Waals surface area contributed by atoms with E-state index in [0.717, 1.165) is 10.0 Å². The predicted molar refractivity (Wildman–Crippen MR) is 73.9 cm³/mol. The maximum Gasteiger partial charge on any atom is 0.252 e. The molecule has 18 heavy (non-hydrogen) atoms. The summed E-state index contributed by atoms with van der Waals surface area (Å²) in [7, 11) is 0. The van der Waals surface area contributed by atoms with Crippen LogP contribution in [-0.2, 0) is 0 Å². The van der Waals surface area contributed by atoms with Crippen LogP contribution in [0.5, 0.6) is 11.5 Å². The molecule has 0 bridgehead atoms. The van der Waals surface area contributed by atoms with Crippen molar-refractivity contribution < 1.29 is 9.53 Å². The molecule has 0 aromatic heterocycles. The number of aryl methyl sites for hydroxylation is 1. The molecule has 0 saturated heterocycles. The first-order chi connectivity index (χ1) is 8.56. The highest BCUT2D eigenvalue weighted by atomic mass is 79.9. The van der Waals surface area contributed by atoms with Crippen molar-refractivity contribution in [1.29, 1.82) is 0 Å². The van der Waals surface area contributed by atoms with Crippen LogP contribution in [-0.4, -0.2) is 5.91 Å². The summed E-state index contributed by atoms with van der Waals surface area (Å²) >= 11 is 3.37. The molecule has 4 heteroatoms. The normalized spacial score (nSPS) is 10.1. The Morgan fingerprint density at radius 3 is 2.67 bits per heavy atom. The van der Waals surface area contributed by atoms with E-state index in [2.05, 4.69) is 15.9 Å². The van der Waals surface area contributed by atoms with Crippen LogP contribution in [0.25, 0.3) is 0 Å². The molecule has 0 saturated carbocycles. The summed E-state index contributed by atoms with van der Waals surface area (Å²) in [5.41, 5.74) is 6.70. The van der Waals surface area contributed by atoms with Crippen LogP contribution in [0.4, 0.5) is 0 Å². The number of carbonyl (C=O) groups excluding carboxylic acids is 1. The summed E-state index contributed by atoms with van der Waals surface area (Å²) in [5.74, 6) is 0.623. The van der Waals surface area contributed by atoms with E-state index in [4.69, 9.17) is 10.5 Å². The third-order valence-electron chi connectivity index (χ3n) is 2.43. The van der Waals surface area contributed by atoms with Gasteiger partial charge in [0.25, 0.3) is 5.91 Å². The van der Waals surface area contributed by atoms with Crippen molar-refractivity contribution in [2.24, 2.45) is 5.73 Å². The van der Waals surface area contributed by atoms with Gasteiger partial charge in [0.1, 0.15) is 11.5 Å². The monoisotopic (exact) mass is 305 g/mol. The number of rotatable bonds is 3. The molecule has 0 radical (unpaired) electrons. The zero-order valence-electron chi connectivity index (χ0n) is 9.81. The van der Waals surface area contributed by atoms with Gasteiger partial charge in [-0.05, 0) is 42.8 Å². The fraction of sp³-hybridized carbons (Fsp3) is 0.0714. The predicted octanol–water partition coefficient (Wildman–Crippen LogP) is 3.65. The topological polar surface area (TPSA) is 52.3 Å². The van der Waals surface area contributed by atoms with E-state index in [1.165, 1.54) is 0 Å². The average molecular weight is 306 g/mol. The maximum atomic E-state index is 11.3. The molecule has 0 fully saturated rings. The first-order valence-electron chi connectivity index (χ1n) is 5.40. The van der Waals surface area contributed by atoms with Gasteiger partial charge in [-0.1, -0.05) is 28.1 Å². The number of hydrogen-bond donors (Lipinski definition) is 1. The van der Waals surface area contributed by atoms with Gasteiger partial charge in [-0.25, -0.2) is 0 Å². The molecule has 0 aliphatic heterocycles. The lowest BCUT2D eigenvalue weighted by Crippen LogP contribution is -2.12. The summed E-state index contributed by atoms with van der Waals surface area (Å²) in [6, 6.07) is 12.7. The molecule has 0 spiro atoms. The van der Waals surface area contributed by atoms with Crippen molar-refractivity contribution in [3.8, 4) is 11.5 Å². The number of primary amides is 1. The highest BCUT2D eigenvalue weighted by Crippen LogP contribution is 2.28. The summed E-state index contributed by atoms with van der Waals surface area (Å²) in [4.78, 5) is 11.3. The van der Waals surface area contributed by atoms with Crippen molar-refractivity contribution in [2.75, 3.05) is 0 Å². The van der Waals surface area contributed by atoms with Gasteiger partial charge < -0.3 is 10.5 Å². The minimum Gasteiger partial charge on any atom is -0.456 e. The number of carbonyl (C=O) groups is 1. The van der Waals surface area contributed by atoms with Crippen LogP contribution in [0.2, 0.25) is 0 Å². The minimum absolute atomic E-state index is 0.376. The first kappa shape index (κ1) is 12.6. The molecule has 0 aliphatic rings. The third kappa shape index (κ3) is 2.90. The minimum atomic E-state index is -0.500. The lowest BCUT2D eigenvalue weighted by molar-refractivity contribution is 0.0998. The fourth-order valence-corrected chi connectivity index (χ4v) is 1.95. The second-order valence-corrected chi connectivity index (χ2v) is 4.84. The van der Waals surface area contributed by atoms with Crippen molar-refractivity contribution in [3.05, 3.63) is 58.1 Å². The van der Waals surface area contributed by atoms with E-state index < -0.39 is 5.91 Å². The molecule has 0 aliphatic carbocycles. The molecule has 92 valence electrons. The Hall–Kier alpha value is -1.81. The van der Waals surface area contributed by atoms with Crippen molar-refractivity contribution >= 4 is 21.8 Å². The highest BCUT2D eigenvalue weighted by molar-refractivity contribution is 9.10. The lowest BCUT2D eigenvalue weighted by Gasteiger charge is -2.10. The Morgan fingerprint density at radius 1 is 1.22 bits per heavy atom. The van der Waals surface area contributed by atoms with E-state index in [1.807, 2.05) is 37.3 Å². The largest absolute Gasteiger partial charge is 0.456 e. The van der Waals surface area contributed by atoms with E-state index >= 15 is 0 Å². The van der Waals surface area contributed by atoms with Gasteiger partial charge in [0, 0.05) is 4.47 Å². The third-order valence-corrected chi connectivity index (χ3v) is 2.92. The molecule has 2 aromatic rings. The molecule has 0 atom stereocenters. The summed E-state index contributed by atoms with van der Waals surface area (Å²) in [5, 5.41) is 0. The van der Waals surface area contributed by atoms with Gasteiger partial charge in [-0.3, -0.25) is 4.79 Å². The van der Waals surface area contributed by atoms with Gasteiger partial charge >= 0.3 is 0 Å². The van der Waals surface area contributed by atoms with Crippen LogP contribution < -0.4 is 10.5 Å². The second kappa shape index (κ2) is 5.23. The molecule has 2 aromatic carbocycles. The Bertz CT molecular complexity index is 596. The summed E-state index contributed by atoms with van der Waals surface area (Å²) < 4.78 is 6.61. The SMILES string of the molecule is Cc1ccc(C(N)=O)c(Oc2cccc(Br)c2)c1. The average Bonchev–Trinajstić information content (AvgIpc) is 2.28. The molecule has 3 nitrogen and oxygen atoms in total. The zero-order chi connectivity index (χ0) is 13.1. The Balaban J connectivity index is 2.39. The van der Waals surface area contributed by atoms with E-state index in [0.29, 0.717) is 17.1 Å². The standard InChI is InChI=1S/C14H12BrNO2/c1-9-5-6-12(14(16)17)13(7-9)18-11-4-2-3-10(15)8-11/h2-8H,1H3,(H2,16,17). The van der Waals surface area contributed by atoms with E-state index in [9.17, 15) is 4.79 Å². The fourth-order valence-electron chi connectivity index (χ4n) is 1.58. The van der Waals surface area contributed by atoms with Gasteiger partial charge in [-0.15, -0.1) is 0 Å². The van der Waals surface area contributed by atoms with Crippen LogP contribution in [0, 0.1) is 6.92 Å². The zero-order valence-corrected chi connectivity index (χ0v) is 11.4. The van der Waals surface area contributed by atoms with Crippen LogP contribution in [0.15, 0.2) is 46.9 Å². The second-order valence-electron chi connectivity index (χ2n) is 3.92. The maximum absolute atomic E-state index is 11.3.